The number of carboxylic acids is 1. The van der Waals surface area contributed by atoms with Crippen LogP contribution in [0.3, 0.4) is 0 Å². The summed E-state index contributed by atoms with van der Waals surface area (Å²) in [4.78, 5) is 10.2. The second-order valence-electron chi connectivity index (χ2n) is 4.80. The van der Waals surface area contributed by atoms with E-state index < -0.39 is 63.7 Å². The minimum atomic E-state index is -7.54. The maximum absolute atomic E-state index is 14.0. The van der Waals surface area contributed by atoms with E-state index in [-0.39, 0.29) is 0 Å². The summed E-state index contributed by atoms with van der Waals surface area (Å²) in [5.41, 5.74) is 0. The molecule has 0 fully saturated rings. The molecule has 190 valence electrons. The van der Waals surface area contributed by atoms with Gasteiger partial charge in [-0.05, 0) is 0 Å². The lowest BCUT2D eigenvalue weighted by atomic mass is 10.3. The van der Waals surface area contributed by atoms with E-state index in [0.717, 1.165) is 0 Å². The summed E-state index contributed by atoms with van der Waals surface area (Å²) in [6.45, 7) is 0. The molecule has 0 bridgehead atoms. The van der Waals surface area contributed by atoms with Gasteiger partial charge in [0.05, 0.1) is 0 Å². The van der Waals surface area contributed by atoms with Crippen LogP contribution in [-0.2, 0) is 29.1 Å². The smallest absolute Gasteiger partial charge is 0.465 e. The van der Waals surface area contributed by atoms with Crippen molar-refractivity contribution in [2.24, 2.45) is 0 Å². The molecule has 0 saturated heterocycles. The highest BCUT2D eigenvalue weighted by Gasteiger charge is 2.79. The van der Waals surface area contributed by atoms with Crippen LogP contribution in [-0.4, -0.2) is 59.6 Å². The number of hydrogen-bond acceptors (Lipinski definition) is 6. The third-order valence-electron chi connectivity index (χ3n) is 2.55. The standard InChI is InChI=1S/C9H2F14O8S/c10-1(11)2(12)29-9(23,31-6(17,18)8(21,22)32(26,27)28)7(19,20)30-4(13,3(24)25)5(14,15)16/h(H,24,25)(H,26,27,28). The Bertz CT molecular complexity index is 864. The zero-order chi connectivity index (χ0) is 26.4. The lowest BCUT2D eigenvalue weighted by Crippen LogP contribution is -2.63. The first kappa shape index (κ1) is 29.9. The summed E-state index contributed by atoms with van der Waals surface area (Å²) >= 11 is 0. The van der Waals surface area contributed by atoms with Crippen LogP contribution >= 0.6 is 0 Å². The van der Waals surface area contributed by atoms with Crippen LogP contribution in [0.5, 0.6) is 0 Å². The Morgan fingerprint density at radius 2 is 1.16 bits per heavy atom. The fraction of sp³-hybridized carbons (Fsp3) is 0.667. The van der Waals surface area contributed by atoms with Crippen molar-refractivity contribution >= 4 is 16.1 Å². The molecule has 2 atom stereocenters. The Morgan fingerprint density at radius 1 is 0.750 bits per heavy atom. The summed E-state index contributed by atoms with van der Waals surface area (Å²) in [5, 5.41) is 0.739. The molecule has 0 heterocycles. The average Bonchev–Trinajstić information content (AvgIpc) is 2.50. The van der Waals surface area contributed by atoms with E-state index in [1.165, 1.54) is 0 Å². The molecule has 2 unspecified atom stereocenters. The van der Waals surface area contributed by atoms with Crippen molar-refractivity contribution in [3.63, 3.8) is 0 Å². The van der Waals surface area contributed by atoms with Gasteiger partial charge in [0.25, 0.3) is 0 Å². The quantitative estimate of drug-likeness (QED) is 0.188. The number of rotatable bonds is 10. The fourth-order valence-corrected chi connectivity index (χ4v) is 1.47. The molecular formula is C9H2F14O8S. The number of halogens is 14. The maximum Gasteiger partial charge on any atom is 0.465 e. The van der Waals surface area contributed by atoms with E-state index in [0.29, 0.717) is 0 Å². The molecule has 0 amide bonds. The molecule has 0 aliphatic heterocycles. The van der Waals surface area contributed by atoms with Crippen LogP contribution in [0, 0.1) is 0 Å². The Hall–Kier alpha value is -2.14. The third kappa shape index (κ3) is 5.43. The minimum Gasteiger partial charge on any atom is -0.477 e. The topological polar surface area (TPSA) is 119 Å². The Balaban J connectivity index is 6.81. The number of carboxylic acid groups (broad SMARTS) is 1. The molecule has 23 heteroatoms. The molecule has 0 aromatic rings. The van der Waals surface area contributed by atoms with Crippen molar-refractivity contribution < 1.29 is 98.5 Å². The first-order valence-electron chi connectivity index (χ1n) is 6.27. The van der Waals surface area contributed by atoms with Gasteiger partial charge < -0.3 is 9.84 Å². The van der Waals surface area contributed by atoms with Crippen molar-refractivity contribution in [2.45, 2.75) is 35.5 Å². The third-order valence-corrected chi connectivity index (χ3v) is 3.43. The van der Waals surface area contributed by atoms with Gasteiger partial charge in [-0.15, -0.1) is 0 Å². The molecule has 2 N–H and O–H groups in total. The number of alkyl halides is 11. The lowest BCUT2D eigenvalue weighted by molar-refractivity contribution is -0.543. The van der Waals surface area contributed by atoms with Crippen molar-refractivity contribution in [1.82, 2.24) is 0 Å². The molecule has 0 aromatic heterocycles. The SMILES string of the molecule is O=C(O)C(F)(OC(F)(F)C(F)(OC(F)=C(F)F)OC(F)(F)C(F)(F)S(=O)(=O)O)C(F)(F)F. The van der Waals surface area contributed by atoms with Crippen molar-refractivity contribution in [3.8, 4) is 0 Å². The highest BCUT2D eigenvalue weighted by molar-refractivity contribution is 7.86. The summed E-state index contributed by atoms with van der Waals surface area (Å²) < 4.78 is 214. The van der Waals surface area contributed by atoms with Crippen LogP contribution in [0.4, 0.5) is 61.5 Å². The molecule has 0 aliphatic rings. The molecule has 0 rings (SSSR count). The molecule has 0 radical (unpaired) electrons. The van der Waals surface area contributed by atoms with Crippen LogP contribution in [0.1, 0.15) is 0 Å². The summed E-state index contributed by atoms with van der Waals surface area (Å²) in [7, 11) is -7.51. The van der Waals surface area contributed by atoms with Gasteiger partial charge in [-0.1, -0.05) is 0 Å². The monoisotopic (exact) mass is 536 g/mol. The van der Waals surface area contributed by atoms with Crippen LogP contribution in [0.2, 0.25) is 0 Å². The van der Waals surface area contributed by atoms with E-state index in [2.05, 4.69) is 0 Å². The normalized spacial score (nSPS) is 17.8. The Kier molecular flexibility index (Phi) is 7.77. The van der Waals surface area contributed by atoms with Gasteiger partial charge in [-0.3, -0.25) is 9.29 Å². The predicted molar refractivity (Wildman–Crippen MR) is 61.4 cm³/mol. The van der Waals surface area contributed by atoms with E-state index in [9.17, 15) is 74.7 Å². The highest BCUT2D eigenvalue weighted by atomic mass is 32.2. The Labute approximate surface area is 163 Å². The second kappa shape index (κ2) is 8.33. The van der Waals surface area contributed by atoms with Crippen molar-refractivity contribution in [2.75, 3.05) is 0 Å². The summed E-state index contributed by atoms with van der Waals surface area (Å²) in [5.74, 6) is -11.0. The van der Waals surface area contributed by atoms with Gasteiger partial charge in [-0.25, -0.2) is 9.53 Å². The molecule has 0 saturated carbocycles. The minimum absolute atomic E-state index is 1.72. The summed E-state index contributed by atoms with van der Waals surface area (Å²) in [6, 6.07) is -11.5. The van der Waals surface area contributed by atoms with E-state index in [4.69, 9.17) is 9.66 Å². The second-order valence-corrected chi connectivity index (χ2v) is 6.26. The average molecular weight is 536 g/mol. The highest BCUT2D eigenvalue weighted by Crippen LogP contribution is 2.50. The van der Waals surface area contributed by atoms with Crippen LogP contribution in [0.15, 0.2) is 12.1 Å². The number of ether oxygens (including phenoxy) is 3. The largest absolute Gasteiger partial charge is 0.477 e. The van der Waals surface area contributed by atoms with Crippen LogP contribution < -0.4 is 0 Å². The summed E-state index contributed by atoms with van der Waals surface area (Å²) in [6.07, 6.45) is -26.3. The molecule has 0 spiro atoms. The van der Waals surface area contributed by atoms with E-state index >= 15 is 0 Å². The molecular weight excluding hydrogens is 534 g/mol. The Morgan fingerprint density at radius 3 is 1.44 bits per heavy atom. The lowest BCUT2D eigenvalue weighted by Gasteiger charge is -2.37. The number of aliphatic carboxylic acids is 1. The van der Waals surface area contributed by atoms with Gasteiger partial charge in [0.2, 0.25) is 0 Å². The van der Waals surface area contributed by atoms with Gasteiger partial charge in [0.1, 0.15) is 0 Å². The molecule has 0 aliphatic carbocycles. The fourth-order valence-electron chi connectivity index (χ4n) is 1.13. The zero-order valence-electron chi connectivity index (χ0n) is 13.5. The van der Waals surface area contributed by atoms with E-state index in [1.54, 1.807) is 9.47 Å². The maximum atomic E-state index is 14.0. The van der Waals surface area contributed by atoms with Crippen molar-refractivity contribution in [3.05, 3.63) is 12.1 Å². The molecule has 32 heavy (non-hydrogen) atoms. The van der Waals surface area contributed by atoms with Gasteiger partial charge in [-0.2, -0.15) is 69.9 Å². The molecule has 0 aromatic carbocycles. The molecule has 8 nitrogen and oxygen atoms in total. The first-order chi connectivity index (χ1) is 13.7. The van der Waals surface area contributed by atoms with Gasteiger partial charge in [0.15, 0.2) is 0 Å². The van der Waals surface area contributed by atoms with Gasteiger partial charge in [0, 0.05) is 0 Å². The van der Waals surface area contributed by atoms with Crippen LogP contribution in [0.25, 0.3) is 0 Å². The number of hydrogen-bond donors (Lipinski definition) is 2. The number of carbonyl (C=O) groups is 1. The van der Waals surface area contributed by atoms with E-state index in [1.807, 2.05) is 4.74 Å². The first-order valence-corrected chi connectivity index (χ1v) is 7.71. The zero-order valence-corrected chi connectivity index (χ0v) is 14.4. The van der Waals surface area contributed by atoms with Gasteiger partial charge >= 0.3 is 63.7 Å². The predicted octanol–water partition coefficient (Wildman–Crippen LogP) is 3.67. The van der Waals surface area contributed by atoms with Crippen molar-refractivity contribution in [1.29, 1.82) is 0 Å².